The number of carbonyl (C=O) groups is 4. The Hall–Kier alpha value is -4.76. The van der Waals surface area contributed by atoms with E-state index in [4.69, 9.17) is 21.1 Å². The van der Waals surface area contributed by atoms with Crippen LogP contribution in [0.4, 0.5) is 24.6 Å². The van der Waals surface area contributed by atoms with Crippen LogP contribution in [0.15, 0.2) is 48.9 Å². The quantitative estimate of drug-likeness (QED) is 0.167. The highest BCUT2D eigenvalue weighted by molar-refractivity contribution is 6.31. The molecule has 0 fully saturated rings. The van der Waals surface area contributed by atoms with Crippen LogP contribution in [-0.4, -0.2) is 88.6 Å². The number of anilines is 1. The number of urea groups is 1. The van der Waals surface area contributed by atoms with Crippen LogP contribution >= 0.6 is 11.6 Å². The van der Waals surface area contributed by atoms with Gasteiger partial charge in [0.15, 0.2) is 0 Å². The van der Waals surface area contributed by atoms with Gasteiger partial charge in [0, 0.05) is 44.1 Å². The number of aliphatic hydroxyl groups is 1. The number of hydrogen-bond donors (Lipinski definition) is 5. The van der Waals surface area contributed by atoms with Gasteiger partial charge in [-0.3, -0.25) is 15.1 Å². The van der Waals surface area contributed by atoms with Gasteiger partial charge in [0.05, 0.1) is 17.7 Å². The van der Waals surface area contributed by atoms with E-state index in [0.29, 0.717) is 12.0 Å². The number of aromatic nitrogens is 2. The van der Waals surface area contributed by atoms with Crippen molar-refractivity contribution in [3.63, 3.8) is 0 Å². The Kier molecular flexibility index (Phi) is 13.5. The second-order valence-corrected chi connectivity index (χ2v) is 11.8. The molecule has 47 heavy (non-hydrogen) atoms. The van der Waals surface area contributed by atoms with Crippen LogP contribution in [0.5, 0.6) is 0 Å². The summed E-state index contributed by atoms with van der Waals surface area (Å²) < 4.78 is 24.4. The SMILES string of the molecule is CN(C(=O)NCc1cccc(F)c1Cl)[C@@H](CCCNC(=O)[C@H](CO)NC(=O)OC(C)(C)C)COC(=O)Nc1cc2ccncc2cn1. The molecule has 0 saturated heterocycles. The molecular formula is C31H39ClFN7O7. The number of hydrogen-bond acceptors (Lipinski definition) is 9. The van der Waals surface area contributed by atoms with E-state index in [1.54, 1.807) is 57.6 Å². The van der Waals surface area contributed by atoms with Crippen molar-refractivity contribution in [1.29, 1.82) is 0 Å². The number of halogens is 2. The monoisotopic (exact) mass is 675 g/mol. The number of ether oxygens (including phenoxy) is 2. The number of carbonyl (C=O) groups excluding carboxylic acids is 4. The topological polar surface area (TPSA) is 184 Å². The van der Waals surface area contributed by atoms with Gasteiger partial charge in [0.1, 0.15) is 29.9 Å². The predicted octanol–water partition coefficient (Wildman–Crippen LogP) is 3.96. The Labute approximate surface area is 276 Å². The smallest absolute Gasteiger partial charge is 0.412 e. The molecule has 5 N–H and O–H groups in total. The number of alkyl carbamates (subject to hydrolysis) is 1. The highest BCUT2D eigenvalue weighted by Gasteiger charge is 2.25. The first-order valence-electron chi connectivity index (χ1n) is 14.7. The molecule has 1 aromatic carbocycles. The fraction of sp³-hybridized carbons (Fsp3) is 0.419. The van der Waals surface area contributed by atoms with E-state index in [-0.39, 0.29) is 37.0 Å². The van der Waals surface area contributed by atoms with E-state index in [1.165, 1.54) is 24.1 Å². The standard InChI is InChI=1S/C31H39ClFN7O7/c1-31(2,3)47-30(45)38-24(17-41)27(42)35-11-6-8-22(40(4)28(43)37-15-20-7-5-9-23(33)26(20)32)18-46-29(44)39-25-13-19-10-12-34-14-21(19)16-36-25/h5,7,9-10,12-14,16,22,24,41H,6,8,11,15,17-18H2,1-4H3,(H,35,42)(H,37,43)(H,38,45)(H,36,39,44)/t22-,24-/m0/s1. The van der Waals surface area contributed by atoms with Crippen LogP contribution in [0.2, 0.25) is 5.02 Å². The van der Waals surface area contributed by atoms with Gasteiger partial charge in [-0.15, -0.1) is 0 Å². The summed E-state index contributed by atoms with van der Waals surface area (Å²) in [4.78, 5) is 59.8. The Morgan fingerprint density at radius 1 is 1.09 bits per heavy atom. The molecule has 0 spiro atoms. The molecular weight excluding hydrogens is 637 g/mol. The number of pyridine rings is 2. The van der Waals surface area contributed by atoms with Gasteiger partial charge >= 0.3 is 18.2 Å². The molecule has 0 unspecified atom stereocenters. The van der Waals surface area contributed by atoms with Crippen molar-refractivity contribution in [2.45, 2.75) is 57.8 Å². The van der Waals surface area contributed by atoms with E-state index in [2.05, 4.69) is 31.2 Å². The number of fused-ring (bicyclic) bond motifs is 1. The van der Waals surface area contributed by atoms with E-state index in [1.807, 2.05) is 0 Å². The van der Waals surface area contributed by atoms with Crippen LogP contribution in [0.25, 0.3) is 10.8 Å². The molecule has 5 amide bonds. The van der Waals surface area contributed by atoms with Crippen molar-refractivity contribution in [2.75, 3.05) is 32.1 Å². The minimum absolute atomic E-state index is 0.0553. The van der Waals surface area contributed by atoms with Gasteiger partial charge in [-0.1, -0.05) is 23.7 Å². The third-order valence-corrected chi connectivity index (χ3v) is 7.12. The summed E-state index contributed by atoms with van der Waals surface area (Å²) in [5.74, 6) is -1.000. The highest BCUT2D eigenvalue weighted by atomic mass is 35.5. The molecule has 0 aliphatic heterocycles. The molecule has 2 aromatic heterocycles. The Balaban J connectivity index is 1.59. The summed E-state index contributed by atoms with van der Waals surface area (Å²) in [6.45, 7) is 4.17. The van der Waals surface area contributed by atoms with E-state index >= 15 is 0 Å². The van der Waals surface area contributed by atoms with E-state index < -0.39 is 54.2 Å². The minimum Gasteiger partial charge on any atom is -0.447 e. The van der Waals surface area contributed by atoms with Gasteiger partial charge in [0.2, 0.25) is 5.91 Å². The van der Waals surface area contributed by atoms with Crippen LogP contribution in [0.3, 0.4) is 0 Å². The summed E-state index contributed by atoms with van der Waals surface area (Å²) in [7, 11) is 1.50. The average molecular weight is 676 g/mol. The molecule has 0 bridgehead atoms. The third-order valence-electron chi connectivity index (χ3n) is 6.69. The zero-order chi connectivity index (χ0) is 34.6. The lowest BCUT2D eigenvalue weighted by molar-refractivity contribution is -0.124. The first-order valence-corrected chi connectivity index (χ1v) is 15.1. The van der Waals surface area contributed by atoms with Crippen molar-refractivity contribution >= 4 is 52.3 Å². The zero-order valence-electron chi connectivity index (χ0n) is 26.5. The molecule has 2 atom stereocenters. The van der Waals surface area contributed by atoms with Crippen LogP contribution in [0.1, 0.15) is 39.2 Å². The van der Waals surface area contributed by atoms with Gasteiger partial charge in [-0.25, -0.2) is 23.8 Å². The summed E-state index contributed by atoms with van der Waals surface area (Å²) in [6.07, 6.45) is 3.74. The average Bonchev–Trinajstić information content (AvgIpc) is 3.02. The molecule has 254 valence electrons. The van der Waals surface area contributed by atoms with Gasteiger partial charge in [-0.05, 0) is 62.8 Å². The van der Waals surface area contributed by atoms with Crippen molar-refractivity contribution in [2.24, 2.45) is 0 Å². The van der Waals surface area contributed by atoms with E-state index in [0.717, 1.165) is 10.8 Å². The lowest BCUT2D eigenvalue weighted by atomic mass is 10.1. The summed E-state index contributed by atoms with van der Waals surface area (Å²) in [5.41, 5.74) is -0.416. The maximum atomic E-state index is 13.8. The van der Waals surface area contributed by atoms with Gasteiger partial charge in [0.25, 0.3) is 0 Å². The van der Waals surface area contributed by atoms with Crippen molar-refractivity contribution in [3.8, 4) is 0 Å². The Bertz CT molecular complexity index is 1560. The Morgan fingerprint density at radius 2 is 1.85 bits per heavy atom. The second kappa shape index (κ2) is 17.2. The molecule has 14 nitrogen and oxygen atoms in total. The van der Waals surface area contributed by atoms with Crippen LogP contribution in [-0.2, 0) is 20.8 Å². The molecule has 16 heteroatoms. The minimum atomic E-state index is -1.24. The fourth-order valence-electron chi connectivity index (χ4n) is 4.21. The summed E-state index contributed by atoms with van der Waals surface area (Å²) in [5, 5.41) is 21.3. The Morgan fingerprint density at radius 3 is 2.57 bits per heavy atom. The lowest BCUT2D eigenvalue weighted by Gasteiger charge is -2.28. The number of rotatable bonds is 13. The third kappa shape index (κ3) is 11.8. The summed E-state index contributed by atoms with van der Waals surface area (Å²) in [6, 6.07) is 5.24. The number of amides is 5. The molecule has 0 radical (unpaired) electrons. The van der Waals surface area contributed by atoms with Crippen molar-refractivity contribution in [3.05, 3.63) is 65.3 Å². The normalized spacial score (nSPS) is 12.4. The highest BCUT2D eigenvalue weighted by Crippen LogP contribution is 2.20. The van der Waals surface area contributed by atoms with Crippen molar-refractivity contribution < 1.29 is 38.1 Å². The van der Waals surface area contributed by atoms with Gasteiger partial charge in [-0.2, -0.15) is 0 Å². The second-order valence-electron chi connectivity index (χ2n) is 11.5. The summed E-state index contributed by atoms with van der Waals surface area (Å²) >= 11 is 6.01. The maximum absolute atomic E-state index is 13.8. The number of benzene rings is 1. The predicted molar refractivity (Wildman–Crippen MR) is 172 cm³/mol. The number of likely N-dealkylation sites (N-methyl/N-ethyl adjacent to an activating group) is 1. The lowest BCUT2D eigenvalue weighted by Crippen LogP contribution is -2.50. The van der Waals surface area contributed by atoms with E-state index in [9.17, 15) is 28.7 Å². The molecule has 3 rings (SSSR count). The number of aliphatic hydroxyl groups excluding tert-OH is 1. The number of nitrogens with zero attached hydrogens (tertiary/aromatic N) is 3. The zero-order valence-corrected chi connectivity index (χ0v) is 27.3. The molecule has 0 aliphatic carbocycles. The molecule has 0 saturated carbocycles. The van der Waals surface area contributed by atoms with Crippen LogP contribution < -0.4 is 21.3 Å². The molecule has 0 aliphatic rings. The first-order chi connectivity index (χ1) is 22.3. The fourth-order valence-corrected chi connectivity index (χ4v) is 4.41. The van der Waals surface area contributed by atoms with Crippen LogP contribution in [0, 0.1) is 5.82 Å². The largest absolute Gasteiger partial charge is 0.447 e. The van der Waals surface area contributed by atoms with Gasteiger partial charge < -0.3 is 35.4 Å². The number of nitrogens with one attached hydrogen (secondary N) is 4. The molecule has 2 heterocycles. The maximum Gasteiger partial charge on any atom is 0.412 e. The molecule has 3 aromatic rings. The van der Waals surface area contributed by atoms with Crippen molar-refractivity contribution in [1.82, 2.24) is 30.8 Å². The first kappa shape index (κ1) is 36.7.